The number of alkyl halides is 1. The summed E-state index contributed by atoms with van der Waals surface area (Å²) in [6.07, 6.45) is -0.141. The van der Waals surface area contributed by atoms with Crippen LogP contribution in [0, 0.1) is 19.8 Å². The van der Waals surface area contributed by atoms with Gasteiger partial charge >= 0.3 is 0 Å². The van der Waals surface area contributed by atoms with Gasteiger partial charge in [-0.2, -0.15) is 9.40 Å². The van der Waals surface area contributed by atoms with Crippen molar-refractivity contribution in [2.24, 2.45) is 5.92 Å². The summed E-state index contributed by atoms with van der Waals surface area (Å²) in [5.74, 6) is -0.195. The quantitative estimate of drug-likeness (QED) is 0.870. The minimum atomic E-state index is -3.60. The van der Waals surface area contributed by atoms with E-state index in [9.17, 15) is 12.8 Å². The van der Waals surface area contributed by atoms with Crippen LogP contribution in [-0.2, 0) is 10.0 Å². The molecule has 0 saturated carbocycles. The normalized spacial score (nSPS) is 18.4. The highest BCUT2D eigenvalue weighted by molar-refractivity contribution is 7.89. The minimum Gasteiger partial charge on any atom is -0.281 e. The maximum absolute atomic E-state index is 14.8. The van der Waals surface area contributed by atoms with Gasteiger partial charge in [0.05, 0.1) is 11.4 Å². The Morgan fingerprint density at radius 3 is 2.36 bits per heavy atom. The number of H-pyrrole nitrogens is 1. The number of hydrogen-bond acceptors (Lipinski definition) is 3. The van der Waals surface area contributed by atoms with Crippen LogP contribution in [-0.4, -0.2) is 36.0 Å². The zero-order valence-electron chi connectivity index (χ0n) is 14.2. The summed E-state index contributed by atoms with van der Waals surface area (Å²) in [5, 5.41) is 7.25. The Balaban J connectivity index is 1.70. The van der Waals surface area contributed by atoms with Gasteiger partial charge in [-0.05, 0) is 50.3 Å². The summed E-state index contributed by atoms with van der Waals surface area (Å²) in [5.41, 5.74) is 1.58. The molecule has 0 bridgehead atoms. The van der Waals surface area contributed by atoms with E-state index in [1.165, 1.54) is 4.31 Å². The molecule has 3 rings (SSSR count). The van der Waals surface area contributed by atoms with E-state index in [1.54, 1.807) is 38.1 Å². The van der Waals surface area contributed by atoms with Crippen LogP contribution in [0.5, 0.6) is 0 Å². The highest BCUT2D eigenvalue weighted by Crippen LogP contribution is 2.36. The van der Waals surface area contributed by atoms with Gasteiger partial charge in [0.2, 0.25) is 10.0 Å². The Kier molecular flexibility index (Phi) is 5.18. The second kappa shape index (κ2) is 7.05. The molecule has 25 heavy (non-hydrogen) atoms. The number of hydrogen-bond donors (Lipinski definition) is 1. The molecule has 1 saturated heterocycles. The number of halogens is 2. The second-order valence-corrected chi connectivity index (χ2v) is 8.77. The third-order valence-corrected chi connectivity index (χ3v) is 7.17. The van der Waals surface area contributed by atoms with E-state index in [-0.39, 0.29) is 10.8 Å². The first-order valence-electron chi connectivity index (χ1n) is 8.22. The van der Waals surface area contributed by atoms with Crippen molar-refractivity contribution in [2.45, 2.75) is 37.8 Å². The Labute approximate surface area is 152 Å². The van der Waals surface area contributed by atoms with E-state index in [0.29, 0.717) is 47.9 Å². The van der Waals surface area contributed by atoms with E-state index in [1.807, 2.05) is 0 Å². The molecule has 1 N–H and O–H groups in total. The lowest BCUT2D eigenvalue weighted by Crippen LogP contribution is -2.39. The van der Waals surface area contributed by atoms with Gasteiger partial charge in [0.15, 0.2) is 0 Å². The van der Waals surface area contributed by atoms with E-state index in [0.717, 1.165) is 0 Å². The largest absolute Gasteiger partial charge is 0.281 e. The van der Waals surface area contributed by atoms with Crippen LogP contribution in [0.4, 0.5) is 4.39 Å². The summed E-state index contributed by atoms with van der Waals surface area (Å²) in [6, 6.07) is 6.73. The topological polar surface area (TPSA) is 66.1 Å². The summed E-state index contributed by atoms with van der Waals surface area (Å²) < 4.78 is 41.8. The fourth-order valence-corrected chi connectivity index (χ4v) is 5.30. The molecule has 2 heterocycles. The average Bonchev–Trinajstić information content (AvgIpc) is 2.94. The summed E-state index contributed by atoms with van der Waals surface area (Å²) in [7, 11) is -3.60. The molecule has 1 aromatic carbocycles. The fourth-order valence-electron chi connectivity index (χ4n) is 3.38. The predicted molar refractivity (Wildman–Crippen MR) is 94.8 cm³/mol. The van der Waals surface area contributed by atoms with Crippen LogP contribution in [0.2, 0.25) is 5.02 Å². The first-order valence-corrected chi connectivity index (χ1v) is 10.0. The van der Waals surface area contributed by atoms with E-state index < -0.39 is 16.2 Å². The molecule has 1 atom stereocenters. The molecule has 5 nitrogen and oxygen atoms in total. The van der Waals surface area contributed by atoms with Crippen molar-refractivity contribution < 1.29 is 12.8 Å². The number of sulfonamides is 1. The van der Waals surface area contributed by atoms with Crippen LogP contribution >= 0.6 is 11.6 Å². The van der Waals surface area contributed by atoms with Crippen LogP contribution in [0.15, 0.2) is 29.2 Å². The zero-order chi connectivity index (χ0) is 18.2. The molecular formula is C17H21ClFN3O2S. The smallest absolute Gasteiger partial charge is 0.246 e. The van der Waals surface area contributed by atoms with E-state index in [4.69, 9.17) is 11.6 Å². The van der Waals surface area contributed by atoms with Crippen LogP contribution in [0.3, 0.4) is 0 Å². The number of benzene rings is 1. The lowest BCUT2D eigenvalue weighted by atomic mass is 9.89. The molecule has 136 valence electrons. The number of aryl methyl sites for hydroxylation is 2. The lowest BCUT2D eigenvalue weighted by Gasteiger charge is -2.32. The Morgan fingerprint density at radius 2 is 1.84 bits per heavy atom. The first-order chi connectivity index (χ1) is 11.8. The molecule has 8 heteroatoms. The molecule has 1 unspecified atom stereocenters. The third-order valence-electron chi connectivity index (χ3n) is 4.76. The third kappa shape index (κ3) is 3.59. The Morgan fingerprint density at radius 1 is 1.24 bits per heavy atom. The molecular weight excluding hydrogens is 365 g/mol. The van der Waals surface area contributed by atoms with Crippen LogP contribution in [0.25, 0.3) is 0 Å². The van der Waals surface area contributed by atoms with Crippen molar-refractivity contribution in [3.8, 4) is 0 Å². The first kappa shape index (κ1) is 18.4. The SMILES string of the molecule is Cc1n[nH]c(C)c1S(=O)(=O)N1CCC(C(F)c2ccc(Cl)cc2)CC1. The maximum Gasteiger partial charge on any atom is 0.246 e. The zero-order valence-corrected chi connectivity index (χ0v) is 15.7. The monoisotopic (exact) mass is 385 g/mol. The van der Waals surface area contributed by atoms with Gasteiger partial charge in [0, 0.05) is 18.1 Å². The minimum absolute atomic E-state index is 0.195. The second-order valence-electron chi connectivity index (χ2n) is 6.46. The highest BCUT2D eigenvalue weighted by atomic mass is 35.5. The average molecular weight is 386 g/mol. The number of aromatic amines is 1. The van der Waals surface area contributed by atoms with Crippen LogP contribution in [0.1, 0.15) is 36.0 Å². The molecule has 0 spiro atoms. The Bertz CT molecular complexity index is 824. The number of rotatable bonds is 4. The highest BCUT2D eigenvalue weighted by Gasteiger charge is 2.35. The van der Waals surface area contributed by atoms with E-state index in [2.05, 4.69) is 10.2 Å². The molecule has 1 aliphatic rings. The molecule has 1 fully saturated rings. The molecule has 1 aliphatic heterocycles. The summed E-state index contributed by atoms with van der Waals surface area (Å²) >= 11 is 5.84. The number of aromatic nitrogens is 2. The van der Waals surface area contributed by atoms with Gasteiger partial charge in [0.25, 0.3) is 0 Å². The maximum atomic E-state index is 14.8. The van der Waals surface area contributed by atoms with Crippen molar-refractivity contribution >= 4 is 21.6 Å². The molecule has 1 aromatic heterocycles. The van der Waals surface area contributed by atoms with Crippen LogP contribution < -0.4 is 0 Å². The number of piperidine rings is 1. The summed E-state index contributed by atoms with van der Waals surface area (Å²) in [4.78, 5) is 0.237. The van der Waals surface area contributed by atoms with Gasteiger partial charge in [0.1, 0.15) is 11.1 Å². The lowest BCUT2D eigenvalue weighted by molar-refractivity contribution is 0.160. The summed E-state index contributed by atoms with van der Waals surface area (Å²) in [6.45, 7) is 3.98. The van der Waals surface area contributed by atoms with Gasteiger partial charge in [-0.3, -0.25) is 5.10 Å². The van der Waals surface area contributed by atoms with Crippen molar-refractivity contribution in [2.75, 3.05) is 13.1 Å². The van der Waals surface area contributed by atoms with E-state index >= 15 is 0 Å². The standard InChI is InChI=1S/C17H21ClFN3O2S/c1-11-17(12(2)21-20-11)25(23,24)22-9-7-14(8-10-22)16(19)13-3-5-15(18)6-4-13/h3-6,14,16H,7-10H2,1-2H3,(H,20,21). The fraction of sp³-hybridized carbons (Fsp3) is 0.471. The van der Waals surface area contributed by atoms with Gasteiger partial charge in [-0.15, -0.1) is 0 Å². The Hall–Kier alpha value is -1.44. The number of nitrogens with one attached hydrogen (secondary N) is 1. The van der Waals surface area contributed by atoms with Gasteiger partial charge < -0.3 is 0 Å². The van der Waals surface area contributed by atoms with Crippen molar-refractivity contribution in [1.29, 1.82) is 0 Å². The van der Waals surface area contributed by atoms with Crippen molar-refractivity contribution in [3.63, 3.8) is 0 Å². The van der Waals surface area contributed by atoms with Crippen molar-refractivity contribution in [1.82, 2.24) is 14.5 Å². The molecule has 0 radical (unpaired) electrons. The van der Waals surface area contributed by atoms with Crippen molar-refractivity contribution in [3.05, 3.63) is 46.2 Å². The molecule has 0 aliphatic carbocycles. The van der Waals surface area contributed by atoms with Gasteiger partial charge in [-0.25, -0.2) is 12.8 Å². The molecule has 0 amide bonds. The van der Waals surface area contributed by atoms with Gasteiger partial charge in [-0.1, -0.05) is 23.7 Å². The number of nitrogens with zero attached hydrogens (tertiary/aromatic N) is 2. The molecule has 2 aromatic rings. The predicted octanol–water partition coefficient (Wildman–Crippen LogP) is 3.79.